The van der Waals surface area contributed by atoms with Crippen LogP contribution in [0.1, 0.15) is 140 Å². The Balaban J connectivity index is 0.000000183. The summed E-state index contributed by atoms with van der Waals surface area (Å²) in [4.78, 5) is 129. The number of benzene rings is 6. The fourth-order valence-electron chi connectivity index (χ4n) is 14.0. The molecule has 0 spiro atoms. The van der Waals surface area contributed by atoms with Crippen LogP contribution >= 0.6 is 34.2 Å². The Labute approximate surface area is 724 Å². The van der Waals surface area contributed by atoms with E-state index in [0.717, 1.165) is 122 Å². The summed E-state index contributed by atoms with van der Waals surface area (Å²) in [6, 6.07) is 35.7. The lowest BCUT2D eigenvalue weighted by Gasteiger charge is -2.21. The van der Waals surface area contributed by atoms with Gasteiger partial charge in [-0.1, -0.05) is 11.6 Å². The molecule has 0 aliphatic rings. The number of rotatable bonds is 23. The minimum Gasteiger partial charge on any atom is -0.462 e. The number of nitrogens with zero attached hydrogens (tertiary/aromatic N) is 7. The molecule has 0 aliphatic heterocycles. The van der Waals surface area contributed by atoms with E-state index in [-0.39, 0.29) is 56.9 Å². The van der Waals surface area contributed by atoms with Crippen molar-refractivity contribution in [3.63, 3.8) is 0 Å². The molecule has 0 atom stereocenters. The molecule has 0 aliphatic carbocycles. The number of esters is 2. The van der Waals surface area contributed by atoms with Gasteiger partial charge in [0.25, 0.3) is 0 Å². The van der Waals surface area contributed by atoms with Crippen LogP contribution in [0.15, 0.2) is 192 Å². The molecule has 0 bridgehead atoms. The molecule has 0 amide bonds. The van der Waals surface area contributed by atoms with Gasteiger partial charge in [-0.3, -0.25) is 10.1 Å². The minimum atomic E-state index is -4.58. The number of halogens is 5. The summed E-state index contributed by atoms with van der Waals surface area (Å²) in [5, 5.41) is 14.5. The van der Waals surface area contributed by atoms with Crippen LogP contribution in [0.25, 0.3) is 76.8 Å². The minimum absolute atomic E-state index is 0.0232. The number of carbonyl (C=O) groups excluding carboxylic acids is 2. The van der Waals surface area contributed by atoms with Gasteiger partial charge in [0.05, 0.1) is 34.1 Å². The van der Waals surface area contributed by atoms with Gasteiger partial charge in [-0.05, 0) is 230 Å². The molecule has 0 unspecified atom stereocenters. The largest absolute Gasteiger partial charge is 0.462 e. The second kappa shape index (κ2) is 43.5. The van der Waals surface area contributed by atoms with E-state index in [2.05, 4.69) is 72.1 Å². The fourth-order valence-corrected chi connectivity index (χ4v) is 14.6. The summed E-state index contributed by atoms with van der Waals surface area (Å²) in [5.41, 5.74) is 3.83. The van der Waals surface area contributed by atoms with Crippen LogP contribution in [0.4, 0.5) is 53.0 Å². The topological polar surface area (TPSA) is 327 Å². The van der Waals surface area contributed by atoms with Crippen LogP contribution in [-0.4, -0.2) is 109 Å². The number of nitro groups is 1. The van der Waals surface area contributed by atoms with Crippen molar-refractivity contribution in [2.24, 2.45) is 0 Å². The van der Waals surface area contributed by atoms with Gasteiger partial charge < -0.3 is 69.8 Å². The third-order valence-electron chi connectivity index (χ3n) is 20.6. The van der Waals surface area contributed by atoms with Gasteiger partial charge >= 0.3 is 63.2 Å². The quantitative estimate of drug-likeness (QED) is 0.0143. The van der Waals surface area contributed by atoms with Gasteiger partial charge in [0.1, 0.15) is 53.6 Å². The third kappa shape index (κ3) is 22.5. The average molecular weight is 1830 g/mol. The lowest BCUT2D eigenvalue weighted by Crippen LogP contribution is -2.22. The number of fused-ring (bicyclic) bond motifs is 8. The van der Waals surface area contributed by atoms with Crippen LogP contribution in [0.3, 0.4) is 0 Å². The Morgan fingerprint density at radius 3 is 1.16 bits per heavy atom. The fraction of sp³-hybridized carbons (Fsp3) is 0.352. The van der Waals surface area contributed by atoms with E-state index in [9.17, 15) is 66.4 Å². The van der Waals surface area contributed by atoms with Crippen molar-refractivity contribution in [3.8, 4) is 0 Å². The summed E-state index contributed by atoms with van der Waals surface area (Å²) in [6.45, 7) is 43.7. The highest BCUT2D eigenvalue weighted by molar-refractivity contribution is 14.1. The molecule has 7 heterocycles. The summed E-state index contributed by atoms with van der Waals surface area (Å²) < 4.78 is 85.6. The van der Waals surface area contributed by atoms with Crippen LogP contribution < -0.4 is 68.8 Å². The molecule has 27 nitrogen and oxygen atoms in total. The van der Waals surface area contributed by atoms with Gasteiger partial charge in [-0.25, -0.2) is 43.2 Å². The molecule has 13 aromatic rings. The highest BCUT2D eigenvalue weighted by atomic mass is 127. The van der Waals surface area contributed by atoms with Gasteiger partial charge in [-0.15, -0.1) is 0 Å². The van der Waals surface area contributed by atoms with E-state index >= 15 is 0 Å². The van der Waals surface area contributed by atoms with E-state index < -0.39 is 68.0 Å². The molecule has 123 heavy (non-hydrogen) atoms. The summed E-state index contributed by atoms with van der Waals surface area (Å²) in [7, 11) is 0. The lowest BCUT2D eigenvalue weighted by atomic mass is 10.1. The molecule has 0 fully saturated rings. The maximum absolute atomic E-state index is 12.9. The summed E-state index contributed by atoms with van der Waals surface area (Å²) >= 11 is 8.00. The number of anilines is 6. The first-order chi connectivity index (χ1) is 58.6. The van der Waals surface area contributed by atoms with Crippen molar-refractivity contribution in [1.82, 2.24) is 0 Å². The van der Waals surface area contributed by atoms with Crippen LogP contribution in [0, 0.1) is 34.5 Å². The van der Waals surface area contributed by atoms with Crippen molar-refractivity contribution >= 4 is 163 Å². The molecule has 6 aromatic carbocycles. The highest BCUT2D eigenvalue weighted by Gasteiger charge is 2.34. The SMILES string of the molecule is CCN(CC)c1ccc2c(C(F)(F)F)cc(=O)oc2c1.CCN(CC)c1ccc2c(C)c(I)c(=O)oc2c1.CCN(CC)c1ccc2c(C)c([N+](=O)[O-])c(=O)oc2c1.CCN(CC)c1ccc2c(c1)oc(=O)c1c(Cl)cc(=O)oc12.CCOC(=O)c1c(C)c2ccc(N(CC)CC)cc2oc1=O.CCOC(=O)c1cc2ccc(N(CC)CC)cc2oc1=O. The number of carbonyl (C=O) groups is 2. The van der Waals surface area contributed by atoms with Crippen molar-refractivity contribution < 1.29 is 68.1 Å². The normalized spacial score (nSPS) is 11.0. The molecule has 0 N–H and O–H groups in total. The Morgan fingerprint density at radius 1 is 0.398 bits per heavy atom. The molecule has 654 valence electrons. The molecule has 32 heteroatoms. The Hall–Kier alpha value is -12.3. The van der Waals surface area contributed by atoms with Crippen LogP contribution in [-0.2, 0) is 15.7 Å². The zero-order chi connectivity index (χ0) is 90.6. The molecular formula is C91H100ClF3IN7O20. The smallest absolute Gasteiger partial charge is 0.417 e. The third-order valence-corrected chi connectivity index (χ3v) is 22.1. The Bertz CT molecular complexity index is 6430. The number of ether oxygens (including phenoxy) is 2. The molecule has 0 saturated carbocycles. The van der Waals surface area contributed by atoms with Gasteiger partial charge in [0, 0.05) is 194 Å². The standard InChI is InChI=1S/C17H21NO4.C16H14ClNO4.C16H19NO4.C14H14F3NO2.C14H16INO2.C14H16N2O4/c1-5-18(6-2)12-8-9-13-11(4)15(16(19)21-7-3)17(20)22-14(13)10-12;1-3-18(4-2)9-5-6-10-12(7-9)21-16(20)14-11(17)8-13(19)22-15(10)14;1-4-17(5-2)12-8-7-11-9-13(15(18)20-6-3)16(19)21-14(11)10-12;1-3-18(4-2)9-5-6-10-11(14(15,16)17)8-13(19)20-12(10)7-9;1-4-16(5-2)10-6-7-11-9(3)13(15)14(17)18-12(11)8-10;1-4-15(5-2)10-6-7-11-9(3)13(16(18)19)14(17)20-12(11)8-10/h8-10H,5-7H2,1-4H3;5-8H,3-4H2,1-2H3;7-10H,4-6H2,1-3H3;5-8H,3-4H2,1-2H3;6-8H,4-5H2,1-3H3;6-8H,4-5H2,1-3H3. The van der Waals surface area contributed by atoms with E-state index in [1.807, 2.05) is 137 Å². The highest BCUT2D eigenvalue weighted by Crippen LogP contribution is 2.37. The summed E-state index contributed by atoms with van der Waals surface area (Å²) in [5.74, 6) is -1.29. The average Bonchev–Trinajstić information content (AvgIpc) is 0.773. The zero-order valence-corrected chi connectivity index (χ0v) is 74.6. The maximum atomic E-state index is 12.9. The Kier molecular flexibility index (Phi) is 34.0. The molecule has 7 aromatic heterocycles. The van der Waals surface area contributed by atoms with Crippen LogP contribution in [0.2, 0.25) is 5.02 Å². The van der Waals surface area contributed by atoms with E-state index in [4.69, 9.17) is 52.0 Å². The van der Waals surface area contributed by atoms with Crippen molar-refractivity contribution in [2.75, 3.05) is 121 Å². The van der Waals surface area contributed by atoms with Crippen molar-refractivity contribution in [1.29, 1.82) is 0 Å². The van der Waals surface area contributed by atoms with E-state index in [0.29, 0.717) is 77.9 Å². The molecule has 0 saturated heterocycles. The summed E-state index contributed by atoms with van der Waals surface area (Å²) in [6.07, 6.45) is -4.58. The monoisotopic (exact) mass is 1830 g/mol. The van der Waals surface area contributed by atoms with E-state index in [1.165, 1.54) is 18.2 Å². The van der Waals surface area contributed by atoms with Crippen molar-refractivity contribution in [3.05, 3.63) is 252 Å². The number of aryl methyl sites for hydroxylation is 3. The van der Waals surface area contributed by atoms with Gasteiger partial charge in [-0.2, -0.15) is 13.2 Å². The Morgan fingerprint density at radius 2 is 0.740 bits per heavy atom. The predicted molar refractivity (Wildman–Crippen MR) is 488 cm³/mol. The van der Waals surface area contributed by atoms with E-state index in [1.54, 1.807) is 58.0 Å². The van der Waals surface area contributed by atoms with Crippen LogP contribution in [0.5, 0.6) is 0 Å². The molecular weight excluding hydrogens is 1730 g/mol. The molecule has 13 rings (SSSR count). The van der Waals surface area contributed by atoms with Crippen molar-refractivity contribution in [2.45, 2.75) is 124 Å². The molecule has 0 radical (unpaired) electrons. The van der Waals surface area contributed by atoms with Gasteiger partial charge in [0.2, 0.25) is 0 Å². The maximum Gasteiger partial charge on any atom is 0.417 e. The van der Waals surface area contributed by atoms with Gasteiger partial charge in [0.15, 0.2) is 5.58 Å². The second-order valence-electron chi connectivity index (χ2n) is 27.4. The predicted octanol–water partition coefficient (Wildman–Crippen LogP) is 19.4. The second-order valence-corrected chi connectivity index (χ2v) is 28.9. The number of hydrogen-bond donors (Lipinski definition) is 0. The first kappa shape index (κ1) is 96.2. The number of hydrogen-bond acceptors (Lipinski definition) is 26. The lowest BCUT2D eigenvalue weighted by molar-refractivity contribution is -0.387. The first-order valence-corrected chi connectivity index (χ1v) is 41.9. The zero-order valence-electron chi connectivity index (χ0n) is 71.7. The number of alkyl halides is 3. The first-order valence-electron chi connectivity index (χ1n) is 40.4.